The first-order chi connectivity index (χ1) is 12.5. The Morgan fingerprint density at radius 3 is 2.73 bits per heavy atom. The van der Waals surface area contributed by atoms with Crippen molar-refractivity contribution in [3.63, 3.8) is 0 Å². The highest BCUT2D eigenvalue weighted by molar-refractivity contribution is 5.76. The maximum atomic E-state index is 14.1. The molecular weight excluding hydrogens is 337 g/mol. The number of aldehydes is 1. The molecule has 26 heavy (non-hydrogen) atoms. The molecule has 0 saturated carbocycles. The second-order valence-electron chi connectivity index (χ2n) is 5.77. The molecule has 3 rings (SSSR count). The molecule has 0 atom stereocenters. The Morgan fingerprint density at radius 1 is 1.27 bits per heavy atom. The molecular formula is C19H14FN3O3. The highest BCUT2D eigenvalue weighted by Gasteiger charge is 2.16. The molecule has 2 aromatic carbocycles. The second kappa shape index (κ2) is 7.15. The van der Waals surface area contributed by atoms with Crippen molar-refractivity contribution in [3.8, 4) is 34.7 Å². The molecule has 0 amide bonds. The molecule has 0 aliphatic rings. The van der Waals surface area contributed by atoms with Gasteiger partial charge in [-0.05, 0) is 44.2 Å². The van der Waals surface area contributed by atoms with Gasteiger partial charge in [-0.25, -0.2) is 4.39 Å². The van der Waals surface area contributed by atoms with Gasteiger partial charge in [0.05, 0.1) is 17.2 Å². The van der Waals surface area contributed by atoms with E-state index in [1.807, 2.05) is 13.8 Å². The standard InChI is InChI=1S/C19H14FN3O3/c1-11(2)25-17-6-4-13(8-14(17)9-21)19-22-18(23-26-19)15-5-3-12(10-24)7-16(15)20/h3-8,10-11H,1-2H3. The average molecular weight is 351 g/mol. The normalized spacial score (nSPS) is 10.6. The number of nitrogens with zero attached hydrogens (tertiary/aromatic N) is 3. The fraction of sp³-hybridized carbons (Fsp3) is 0.158. The van der Waals surface area contributed by atoms with Crippen LogP contribution in [0.25, 0.3) is 22.8 Å². The van der Waals surface area contributed by atoms with Gasteiger partial charge in [-0.15, -0.1) is 0 Å². The van der Waals surface area contributed by atoms with Crippen LogP contribution >= 0.6 is 0 Å². The molecule has 0 unspecified atom stereocenters. The van der Waals surface area contributed by atoms with Crippen molar-refractivity contribution < 1.29 is 18.4 Å². The Kier molecular flexibility index (Phi) is 4.76. The summed E-state index contributed by atoms with van der Waals surface area (Å²) in [5, 5.41) is 13.1. The van der Waals surface area contributed by atoms with Crippen LogP contribution in [0.3, 0.4) is 0 Å². The topological polar surface area (TPSA) is 89.0 Å². The fourth-order valence-corrected chi connectivity index (χ4v) is 2.34. The summed E-state index contributed by atoms with van der Waals surface area (Å²) in [6.07, 6.45) is 0.485. The van der Waals surface area contributed by atoms with Crippen LogP contribution in [0.2, 0.25) is 0 Å². The fourth-order valence-electron chi connectivity index (χ4n) is 2.34. The third-order valence-electron chi connectivity index (χ3n) is 3.51. The van der Waals surface area contributed by atoms with E-state index < -0.39 is 5.82 Å². The number of aromatic nitrogens is 2. The molecule has 0 saturated heterocycles. The summed E-state index contributed by atoms with van der Waals surface area (Å²) in [6, 6.07) is 10.9. The van der Waals surface area contributed by atoms with Crippen molar-refractivity contribution in [1.29, 1.82) is 5.26 Å². The molecule has 1 aromatic heterocycles. The van der Waals surface area contributed by atoms with Gasteiger partial charge >= 0.3 is 0 Å². The molecule has 3 aromatic rings. The summed E-state index contributed by atoms with van der Waals surface area (Å²) in [5.41, 5.74) is 1.18. The van der Waals surface area contributed by atoms with E-state index in [1.165, 1.54) is 12.1 Å². The van der Waals surface area contributed by atoms with Gasteiger partial charge in [-0.1, -0.05) is 11.2 Å². The van der Waals surface area contributed by atoms with Crippen molar-refractivity contribution in [3.05, 3.63) is 53.3 Å². The monoisotopic (exact) mass is 351 g/mol. The molecule has 0 aliphatic carbocycles. The number of rotatable bonds is 5. The summed E-state index contributed by atoms with van der Waals surface area (Å²) >= 11 is 0. The van der Waals surface area contributed by atoms with Gasteiger partial charge in [-0.2, -0.15) is 10.2 Å². The number of carbonyl (C=O) groups excluding carboxylic acids is 1. The number of carbonyl (C=O) groups is 1. The molecule has 7 heteroatoms. The van der Waals surface area contributed by atoms with E-state index in [0.717, 1.165) is 6.07 Å². The molecule has 1 heterocycles. The van der Waals surface area contributed by atoms with E-state index >= 15 is 0 Å². The van der Waals surface area contributed by atoms with E-state index in [1.54, 1.807) is 18.2 Å². The zero-order valence-electron chi connectivity index (χ0n) is 14.1. The lowest BCUT2D eigenvalue weighted by Crippen LogP contribution is -2.06. The van der Waals surface area contributed by atoms with Crippen LogP contribution in [-0.4, -0.2) is 22.5 Å². The van der Waals surface area contributed by atoms with Crippen LogP contribution in [0.1, 0.15) is 29.8 Å². The lowest BCUT2D eigenvalue weighted by atomic mass is 10.1. The zero-order valence-corrected chi connectivity index (χ0v) is 14.1. The van der Waals surface area contributed by atoms with Gasteiger partial charge in [-0.3, -0.25) is 4.79 Å². The molecule has 0 radical (unpaired) electrons. The zero-order chi connectivity index (χ0) is 18.7. The van der Waals surface area contributed by atoms with Crippen molar-refractivity contribution in [2.24, 2.45) is 0 Å². The Bertz CT molecular complexity index is 1010. The van der Waals surface area contributed by atoms with Crippen LogP contribution in [-0.2, 0) is 0 Å². The highest BCUT2D eigenvalue weighted by Crippen LogP contribution is 2.28. The number of ether oxygens (including phenoxy) is 1. The van der Waals surface area contributed by atoms with Crippen LogP contribution < -0.4 is 4.74 Å². The predicted molar refractivity (Wildman–Crippen MR) is 91.0 cm³/mol. The SMILES string of the molecule is CC(C)Oc1ccc(-c2nc(-c3ccc(C=O)cc3F)no2)cc1C#N. The van der Waals surface area contributed by atoms with Crippen LogP contribution in [0.4, 0.5) is 4.39 Å². The number of hydrogen-bond acceptors (Lipinski definition) is 6. The first kappa shape index (κ1) is 17.3. The number of nitriles is 1. The number of halogens is 1. The molecule has 0 aliphatic heterocycles. The van der Waals surface area contributed by atoms with Gasteiger partial charge in [0, 0.05) is 11.1 Å². The second-order valence-corrected chi connectivity index (χ2v) is 5.77. The predicted octanol–water partition coefficient (Wildman–Crippen LogP) is 4.01. The van der Waals surface area contributed by atoms with Crippen LogP contribution in [0, 0.1) is 17.1 Å². The minimum Gasteiger partial charge on any atom is -0.490 e. The van der Waals surface area contributed by atoms with E-state index in [4.69, 9.17) is 9.26 Å². The Hall–Kier alpha value is -3.53. The van der Waals surface area contributed by atoms with Crippen molar-refractivity contribution in [2.45, 2.75) is 20.0 Å². The summed E-state index contributed by atoms with van der Waals surface area (Å²) in [5.74, 6) is 0.0317. The molecule has 0 N–H and O–H groups in total. The van der Waals surface area contributed by atoms with E-state index in [0.29, 0.717) is 23.2 Å². The summed E-state index contributed by atoms with van der Waals surface area (Å²) < 4.78 is 24.8. The van der Waals surface area contributed by atoms with Crippen molar-refractivity contribution in [1.82, 2.24) is 10.1 Å². The third kappa shape index (κ3) is 3.44. The molecule has 6 nitrogen and oxygen atoms in total. The number of hydrogen-bond donors (Lipinski definition) is 0. The Labute approximate surface area is 148 Å². The minimum absolute atomic E-state index is 0.0518. The quantitative estimate of drug-likeness (QED) is 0.645. The molecule has 0 fully saturated rings. The number of benzene rings is 2. The van der Waals surface area contributed by atoms with E-state index in [-0.39, 0.29) is 28.9 Å². The van der Waals surface area contributed by atoms with Crippen molar-refractivity contribution >= 4 is 6.29 Å². The smallest absolute Gasteiger partial charge is 0.258 e. The summed E-state index contributed by atoms with van der Waals surface area (Å²) in [6.45, 7) is 3.73. The van der Waals surface area contributed by atoms with E-state index in [2.05, 4.69) is 16.2 Å². The van der Waals surface area contributed by atoms with Crippen LogP contribution in [0.15, 0.2) is 40.9 Å². The van der Waals surface area contributed by atoms with E-state index in [9.17, 15) is 14.4 Å². The van der Waals surface area contributed by atoms with Gasteiger partial charge in [0.1, 0.15) is 23.9 Å². The van der Waals surface area contributed by atoms with Crippen LogP contribution in [0.5, 0.6) is 5.75 Å². The van der Waals surface area contributed by atoms with Crippen molar-refractivity contribution in [2.75, 3.05) is 0 Å². The summed E-state index contributed by atoms with van der Waals surface area (Å²) in [7, 11) is 0. The summed E-state index contributed by atoms with van der Waals surface area (Å²) in [4.78, 5) is 14.9. The first-order valence-corrected chi connectivity index (χ1v) is 7.82. The lowest BCUT2D eigenvalue weighted by Gasteiger charge is -2.11. The van der Waals surface area contributed by atoms with Gasteiger partial charge < -0.3 is 9.26 Å². The Morgan fingerprint density at radius 2 is 2.08 bits per heavy atom. The largest absolute Gasteiger partial charge is 0.490 e. The maximum absolute atomic E-state index is 14.1. The molecule has 130 valence electrons. The average Bonchev–Trinajstić information content (AvgIpc) is 3.11. The molecule has 0 spiro atoms. The first-order valence-electron chi connectivity index (χ1n) is 7.82. The third-order valence-corrected chi connectivity index (χ3v) is 3.51. The maximum Gasteiger partial charge on any atom is 0.258 e. The van der Waals surface area contributed by atoms with Gasteiger partial charge in [0.15, 0.2) is 0 Å². The molecule has 0 bridgehead atoms. The van der Waals surface area contributed by atoms with Gasteiger partial charge in [0.25, 0.3) is 5.89 Å². The lowest BCUT2D eigenvalue weighted by molar-refractivity contribution is 0.112. The minimum atomic E-state index is -0.625. The Balaban J connectivity index is 1.95. The van der Waals surface area contributed by atoms with Gasteiger partial charge in [0.2, 0.25) is 5.82 Å². The highest BCUT2D eigenvalue weighted by atomic mass is 19.1.